The zero-order valence-electron chi connectivity index (χ0n) is 15.3. The van der Waals surface area contributed by atoms with Crippen molar-refractivity contribution in [1.82, 2.24) is 20.1 Å². The van der Waals surface area contributed by atoms with Crippen molar-refractivity contribution >= 4 is 23.1 Å². The van der Waals surface area contributed by atoms with E-state index in [4.69, 9.17) is 0 Å². The Kier molecular flexibility index (Phi) is 5.65. The van der Waals surface area contributed by atoms with Gasteiger partial charge in [-0.15, -0.1) is 5.10 Å². The summed E-state index contributed by atoms with van der Waals surface area (Å²) in [6.07, 6.45) is 1.74. The van der Waals surface area contributed by atoms with Gasteiger partial charge in [0.15, 0.2) is 5.82 Å². The fourth-order valence-electron chi connectivity index (χ4n) is 3.01. The van der Waals surface area contributed by atoms with Crippen LogP contribution in [-0.4, -0.2) is 66.4 Å². The first-order valence-corrected chi connectivity index (χ1v) is 8.95. The molecule has 0 saturated carbocycles. The first kappa shape index (κ1) is 17.4. The molecule has 1 fully saturated rings. The van der Waals surface area contributed by atoms with E-state index < -0.39 is 0 Å². The summed E-state index contributed by atoms with van der Waals surface area (Å²) in [7, 11) is 2.14. The molecule has 25 heavy (non-hydrogen) atoms. The van der Waals surface area contributed by atoms with Gasteiger partial charge in [0.1, 0.15) is 0 Å². The first-order chi connectivity index (χ1) is 12.2. The van der Waals surface area contributed by atoms with E-state index in [2.05, 4.69) is 80.4 Å². The van der Waals surface area contributed by atoms with Gasteiger partial charge in [-0.05, 0) is 45.2 Å². The second kappa shape index (κ2) is 8.11. The molecule has 0 bridgehead atoms. The van der Waals surface area contributed by atoms with Crippen molar-refractivity contribution in [1.29, 1.82) is 0 Å². The molecule has 1 aromatic carbocycles. The Hall–Kier alpha value is -2.41. The van der Waals surface area contributed by atoms with Gasteiger partial charge in [0.25, 0.3) is 0 Å². The second-order valence-corrected chi connectivity index (χ2v) is 6.27. The lowest BCUT2D eigenvalue weighted by atomic mass is 10.2. The monoisotopic (exact) mass is 341 g/mol. The molecule has 7 nitrogen and oxygen atoms in total. The lowest BCUT2D eigenvalue weighted by Gasteiger charge is -2.32. The summed E-state index contributed by atoms with van der Waals surface area (Å²) in [5.74, 6) is 1.41. The van der Waals surface area contributed by atoms with E-state index in [1.54, 1.807) is 6.20 Å². The molecule has 1 aliphatic rings. The van der Waals surface area contributed by atoms with Crippen molar-refractivity contribution in [2.45, 2.75) is 13.8 Å². The van der Waals surface area contributed by atoms with Crippen molar-refractivity contribution in [2.24, 2.45) is 0 Å². The van der Waals surface area contributed by atoms with Crippen LogP contribution in [0.3, 0.4) is 0 Å². The van der Waals surface area contributed by atoms with Crippen LogP contribution in [0.25, 0.3) is 0 Å². The zero-order chi connectivity index (χ0) is 17.6. The summed E-state index contributed by atoms with van der Waals surface area (Å²) >= 11 is 0. The average Bonchev–Trinajstić information content (AvgIpc) is 2.65. The molecule has 1 N–H and O–H groups in total. The summed E-state index contributed by atoms with van der Waals surface area (Å²) in [6.45, 7) is 10.4. The summed E-state index contributed by atoms with van der Waals surface area (Å²) in [6, 6.07) is 8.35. The van der Waals surface area contributed by atoms with E-state index in [9.17, 15) is 0 Å². The van der Waals surface area contributed by atoms with Gasteiger partial charge < -0.3 is 20.0 Å². The maximum absolute atomic E-state index is 4.62. The fraction of sp³-hybridized carbons (Fsp3) is 0.500. The highest BCUT2D eigenvalue weighted by atomic mass is 15.3. The van der Waals surface area contributed by atoms with Crippen LogP contribution in [-0.2, 0) is 0 Å². The topological polar surface area (TPSA) is 60.4 Å². The molecule has 0 amide bonds. The zero-order valence-corrected chi connectivity index (χ0v) is 15.3. The number of anilines is 4. The highest BCUT2D eigenvalue weighted by Gasteiger charge is 2.16. The van der Waals surface area contributed by atoms with Crippen molar-refractivity contribution < 1.29 is 0 Å². The maximum atomic E-state index is 4.62. The second-order valence-electron chi connectivity index (χ2n) is 6.27. The average molecular weight is 341 g/mol. The number of nitrogens with one attached hydrogen (secondary N) is 1. The summed E-state index contributed by atoms with van der Waals surface area (Å²) in [5, 5.41) is 11.5. The molecular weight excluding hydrogens is 314 g/mol. The molecule has 0 aliphatic carbocycles. The highest BCUT2D eigenvalue weighted by Crippen LogP contribution is 2.20. The van der Waals surface area contributed by atoms with E-state index in [0.717, 1.165) is 50.8 Å². The Balaban J connectivity index is 1.67. The summed E-state index contributed by atoms with van der Waals surface area (Å²) < 4.78 is 0. The van der Waals surface area contributed by atoms with Gasteiger partial charge >= 0.3 is 0 Å². The number of piperazine rings is 1. The third kappa shape index (κ3) is 4.36. The Morgan fingerprint density at radius 1 is 1.04 bits per heavy atom. The Morgan fingerprint density at radius 2 is 1.72 bits per heavy atom. The molecule has 1 aromatic heterocycles. The van der Waals surface area contributed by atoms with E-state index in [1.807, 2.05) is 0 Å². The van der Waals surface area contributed by atoms with Crippen LogP contribution in [0.5, 0.6) is 0 Å². The minimum absolute atomic E-state index is 0.534. The van der Waals surface area contributed by atoms with Gasteiger partial charge in [-0.3, -0.25) is 0 Å². The Labute approximate surface area is 149 Å². The van der Waals surface area contributed by atoms with Crippen molar-refractivity contribution in [2.75, 3.05) is 61.4 Å². The van der Waals surface area contributed by atoms with E-state index in [-0.39, 0.29) is 0 Å². The number of benzene rings is 1. The van der Waals surface area contributed by atoms with Gasteiger partial charge in [0.05, 0.1) is 6.20 Å². The highest BCUT2D eigenvalue weighted by molar-refractivity contribution is 5.59. The maximum Gasteiger partial charge on any atom is 0.249 e. The van der Waals surface area contributed by atoms with Crippen LogP contribution in [0, 0.1) is 0 Å². The molecule has 0 radical (unpaired) electrons. The minimum atomic E-state index is 0.534. The lowest BCUT2D eigenvalue weighted by Crippen LogP contribution is -2.44. The van der Waals surface area contributed by atoms with Gasteiger partial charge in [-0.1, -0.05) is 0 Å². The largest absolute Gasteiger partial charge is 0.372 e. The van der Waals surface area contributed by atoms with Crippen molar-refractivity contribution in [3.8, 4) is 0 Å². The predicted molar refractivity (Wildman–Crippen MR) is 103 cm³/mol. The summed E-state index contributed by atoms with van der Waals surface area (Å²) in [4.78, 5) is 11.5. The van der Waals surface area contributed by atoms with Gasteiger partial charge in [-0.25, -0.2) is 0 Å². The van der Waals surface area contributed by atoms with E-state index in [0.29, 0.717) is 5.95 Å². The molecule has 7 heteroatoms. The van der Waals surface area contributed by atoms with Crippen LogP contribution in [0.2, 0.25) is 0 Å². The normalized spacial score (nSPS) is 15.2. The number of aromatic nitrogens is 3. The van der Waals surface area contributed by atoms with Crippen LogP contribution in [0.15, 0.2) is 30.5 Å². The molecule has 0 spiro atoms. The van der Waals surface area contributed by atoms with Crippen molar-refractivity contribution in [3.05, 3.63) is 30.5 Å². The molecule has 3 rings (SSSR count). The molecule has 2 aromatic rings. The van der Waals surface area contributed by atoms with E-state index in [1.165, 1.54) is 5.69 Å². The smallest absolute Gasteiger partial charge is 0.249 e. The first-order valence-electron chi connectivity index (χ1n) is 8.95. The van der Waals surface area contributed by atoms with Crippen LogP contribution >= 0.6 is 0 Å². The molecule has 2 heterocycles. The SMILES string of the molecule is CCN(CC)c1ccc(Nc2nncc(N3CCN(C)CC3)n2)cc1. The van der Waals surface area contributed by atoms with Gasteiger partial charge in [0, 0.05) is 50.6 Å². The quantitative estimate of drug-likeness (QED) is 0.864. The van der Waals surface area contributed by atoms with Crippen LogP contribution in [0.4, 0.5) is 23.1 Å². The number of hydrogen-bond acceptors (Lipinski definition) is 7. The Morgan fingerprint density at radius 3 is 2.36 bits per heavy atom. The number of nitrogens with zero attached hydrogens (tertiary/aromatic N) is 6. The third-order valence-electron chi connectivity index (χ3n) is 4.63. The minimum Gasteiger partial charge on any atom is -0.372 e. The standard InChI is InChI=1S/C18H27N7/c1-4-24(5-2)16-8-6-15(7-9-16)20-18-21-17(14-19-22-18)25-12-10-23(3)11-13-25/h6-9,14H,4-5,10-13H2,1-3H3,(H,20,21,22). The van der Waals surface area contributed by atoms with Crippen LogP contribution in [0.1, 0.15) is 13.8 Å². The molecule has 0 unspecified atom stereocenters. The molecule has 1 aliphatic heterocycles. The van der Waals surface area contributed by atoms with E-state index >= 15 is 0 Å². The summed E-state index contributed by atoms with van der Waals surface area (Å²) in [5.41, 5.74) is 2.19. The van der Waals surface area contributed by atoms with Gasteiger partial charge in [-0.2, -0.15) is 10.1 Å². The molecule has 0 atom stereocenters. The van der Waals surface area contributed by atoms with Crippen LogP contribution < -0.4 is 15.1 Å². The molecular formula is C18H27N7. The van der Waals surface area contributed by atoms with Gasteiger partial charge in [0.2, 0.25) is 5.95 Å². The third-order valence-corrected chi connectivity index (χ3v) is 4.63. The fourth-order valence-corrected chi connectivity index (χ4v) is 3.01. The number of rotatable bonds is 6. The number of likely N-dealkylation sites (N-methyl/N-ethyl adjacent to an activating group) is 1. The lowest BCUT2D eigenvalue weighted by molar-refractivity contribution is 0.312. The van der Waals surface area contributed by atoms with Crippen molar-refractivity contribution in [3.63, 3.8) is 0 Å². The molecule has 1 saturated heterocycles. The predicted octanol–water partition coefficient (Wildman–Crippen LogP) is 2.21. The number of hydrogen-bond donors (Lipinski definition) is 1. The molecule has 134 valence electrons. The Bertz CT molecular complexity index is 661.